The second kappa shape index (κ2) is 6.10. The summed E-state index contributed by atoms with van der Waals surface area (Å²) in [5, 5.41) is 0. The molecule has 4 rings (SSSR count). The molecule has 1 amide bonds. The average Bonchev–Trinajstić information content (AvgIpc) is 3.29. The maximum atomic E-state index is 13.0. The quantitative estimate of drug-likeness (QED) is 0.864. The Morgan fingerprint density at radius 2 is 2.04 bits per heavy atom. The summed E-state index contributed by atoms with van der Waals surface area (Å²) in [6, 6.07) is 13.5. The van der Waals surface area contributed by atoms with Crippen LogP contribution in [0.25, 0.3) is 0 Å². The van der Waals surface area contributed by atoms with Gasteiger partial charge in [0, 0.05) is 24.7 Å². The third-order valence-electron chi connectivity index (χ3n) is 5.67. The highest BCUT2D eigenvalue weighted by atomic mass is 16.3. The van der Waals surface area contributed by atoms with Crippen molar-refractivity contribution >= 4 is 5.91 Å². The smallest absolute Gasteiger partial charge is 0.257 e. The second-order valence-corrected chi connectivity index (χ2v) is 7.11. The fraction of sp³-hybridized carbons (Fsp3) is 0.450. The average molecular weight is 324 g/mol. The number of carbonyl (C=O) groups is 1. The molecule has 1 aromatic carbocycles. The van der Waals surface area contributed by atoms with E-state index in [1.54, 1.807) is 12.3 Å². The largest absolute Gasteiger partial charge is 0.469 e. The van der Waals surface area contributed by atoms with Gasteiger partial charge in [-0.25, -0.2) is 0 Å². The number of likely N-dealkylation sites (N-methyl/N-ethyl adjacent to an activating group) is 1. The van der Waals surface area contributed by atoms with Crippen molar-refractivity contribution in [2.24, 2.45) is 0 Å². The molecule has 2 saturated heterocycles. The van der Waals surface area contributed by atoms with Gasteiger partial charge in [-0.2, -0.15) is 0 Å². The summed E-state index contributed by atoms with van der Waals surface area (Å²) in [4.78, 5) is 17.5. The highest BCUT2D eigenvalue weighted by Gasteiger charge is 2.50. The van der Waals surface area contributed by atoms with Gasteiger partial charge in [-0.15, -0.1) is 0 Å². The topological polar surface area (TPSA) is 36.7 Å². The minimum Gasteiger partial charge on any atom is -0.469 e. The van der Waals surface area contributed by atoms with Gasteiger partial charge in [-0.3, -0.25) is 9.69 Å². The summed E-state index contributed by atoms with van der Waals surface area (Å²) in [6.45, 7) is 2.80. The molecule has 3 atom stereocenters. The molecule has 2 bridgehead atoms. The normalized spacial score (nSPS) is 25.6. The van der Waals surface area contributed by atoms with Gasteiger partial charge < -0.3 is 9.32 Å². The lowest BCUT2D eigenvalue weighted by Gasteiger charge is -2.31. The first-order valence-corrected chi connectivity index (χ1v) is 8.76. The maximum Gasteiger partial charge on any atom is 0.257 e. The van der Waals surface area contributed by atoms with Crippen molar-refractivity contribution in [1.82, 2.24) is 9.80 Å². The number of nitrogens with zero attached hydrogens (tertiary/aromatic N) is 2. The number of hydrogen-bond donors (Lipinski definition) is 0. The van der Waals surface area contributed by atoms with E-state index >= 15 is 0 Å². The summed E-state index contributed by atoms with van der Waals surface area (Å²) in [5.41, 5.74) is 2.05. The van der Waals surface area contributed by atoms with Crippen molar-refractivity contribution in [1.29, 1.82) is 0 Å². The SMILES string of the molecule is Cc1occc1C(=O)N1[C@H]2CC[C@H]1[C@H](N(C)Cc1ccccc1)C2. The first-order chi connectivity index (χ1) is 11.6. The van der Waals surface area contributed by atoms with Gasteiger partial charge in [0.1, 0.15) is 5.76 Å². The summed E-state index contributed by atoms with van der Waals surface area (Å²) in [7, 11) is 2.18. The van der Waals surface area contributed by atoms with Crippen LogP contribution in [0, 0.1) is 6.92 Å². The van der Waals surface area contributed by atoms with Gasteiger partial charge in [0.2, 0.25) is 0 Å². The van der Waals surface area contributed by atoms with Crippen LogP contribution in [0.5, 0.6) is 0 Å². The number of aryl methyl sites for hydroxylation is 1. The minimum atomic E-state index is 0.143. The zero-order valence-corrected chi connectivity index (χ0v) is 14.3. The molecule has 2 fully saturated rings. The molecule has 4 nitrogen and oxygen atoms in total. The predicted octanol–water partition coefficient (Wildman–Crippen LogP) is 3.47. The zero-order chi connectivity index (χ0) is 16.7. The number of amides is 1. The molecule has 24 heavy (non-hydrogen) atoms. The van der Waals surface area contributed by atoms with Gasteiger partial charge in [0.25, 0.3) is 5.91 Å². The van der Waals surface area contributed by atoms with E-state index in [2.05, 4.69) is 47.2 Å². The van der Waals surface area contributed by atoms with Crippen molar-refractivity contribution in [2.45, 2.75) is 50.9 Å². The second-order valence-electron chi connectivity index (χ2n) is 7.11. The number of carbonyl (C=O) groups excluding carboxylic acids is 1. The summed E-state index contributed by atoms with van der Waals surface area (Å²) in [5.74, 6) is 0.866. The van der Waals surface area contributed by atoms with Gasteiger partial charge >= 0.3 is 0 Å². The zero-order valence-electron chi connectivity index (χ0n) is 14.3. The van der Waals surface area contributed by atoms with E-state index < -0.39 is 0 Å². The van der Waals surface area contributed by atoms with Crippen LogP contribution >= 0.6 is 0 Å². The molecule has 0 saturated carbocycles. The molecule has 4 heteroatoms. The summed E-state index contributed by atoms with van der Waals surface area (Å²) in [6.07, 6.45) is 4.93. The van der Waals surface area contributed by atoms with Crippen LogP contribution in [0.4, 0.5) is 0 Å². The van der Waals surface area contributed by atoms with Gasteiger partial charge in [-0.05, 0) is 44.9 Å². The number of hydrogen-bond acceptors (Lipinski definition) is 3. The molecular formula is C20H24N2O2. The van der Waals surface area contributed by atoms with E-state index in [1.165, 1.54) is 5.56 Å². The van der Waals surface area contributed by atoms with Gasteiger partial charge in [-0.1, -0.05) is 30.3 Å². The van der Waals surface area contributed by atoms with E-state index in [1.807, 2.05) is 6.92 Å². The Hall–Kier alpha value is -2.07. The van der Waals surface area contributed by atoms with Crippen molar-refractivity contribution in [3.8, 4) is 0 Å². The molecule has 0 spiro atoms. The fourth-order valence-corrected chi connectivity index (χ4v) is 4.48. The third-order valence-corrected chi connectivity index (χ3v) is 5.67. The Kier molecular flexibility index (Phi) is 3.93. The minimum absolute atomic E-state index is 0.143. The lowest BCUT2D eigenvalue weighted by atomic mass is 9.94. The van der Waals surface area contributed by atoms with E-state index in [-0.39, 0.29) is 5.91 Å². The van der Waals surface area contributed by atoms with Crippen molar-refractivity contribution in [2.75, 3.05) is 7.05 Å². The van der Waals surface area contributed by atoms with Crippen molar-refractivity contribution in [3.05, 3.63) is 59.5 Å². The van der Waals surface area contributed by atoms with Crippen LogP contribution in [-0.2, 0) is 6.54 Å². The van der Waals surface area contributed by atoms with Crippen LogP contribution in [0.3, 0.4) is 0 Å². The van der Waals surface area contributed by atoms with Crippen LogP contribution < -0.4 is 0 Å². The van der Waals surface area contributed by atoms with Crippen LogP contribution in [-0.4, -0.2) is 40.9 Å². The van der Waals surface area contributed by atoms with E-state index in [4.69, 9.17) is 4.42 Å². The first kappa shape index (κ1) is 15.5. The summed E-state index contributed by atoms with van der Waals surface area (Å²) >= 11 is 0. The molecule has 2 aromatic rings. The van der Waals surface area contributed by atoms with Crippen LogP contribution in [0.15, 0.2) is 47.1 Å². The Balaban J connectivity index is 1.50. The molecular weight excluding hydrogens is 300 g/mol. The number of fused-ring (bicyclic) bond motifs is 2. The Morgan fingerprint density at radius 3 is 2.75 bits per heavy atom. The number of benzene rings is 1. The van der Waals surface area contributed by atoms with E-state index in [9.17, 15) is 4.79 Å². The number of furan rings is 1. The number of rotatable bonds is 4. The lowest BCUT2D eigenvalue weighted by molar-refractivity contribution is 0.0701. The molecule has 126 valence electrons. The maximum absolute atomic E-state index is 13.0. The van der Waals surface area contributed by atoms with Crippen molar-refractivity contribution < 1.29 is 9.21 Å². The third kappa shape index (κ3) is 2.55. The Morgan fingerprint density at radius 1 is 1.25 bits per heavy atom. The molecule has 0 aliphatic carbocycles. The molecule has 3 heterocycles. The highest BCUT2D eigenvalue weighted by molar-refractivity contribution is 5.96. The molecule has 1 aromatic heterocycles. The van der Waals surface area contributed by atoms with Crippen LogP contribution in [0.1, 0.15) is 40.9 Å². The van der Waals surface area contributed by atoms with E-state index in [0.717, 1.165) is 37.1 Å². The van der Waals surface area contributed by atoms with E-state index in [0.29, 0.717) is 18.1 Å². The molecule has 2 aliphatic heterocycles. The Bertz CT molecular complexity index is 724. The first-order valence-electron chi connectivity index (χ1n) is 8.76. The molecule has 0 N–H and O–H groups in total. The van der Waals surface area contributed by atoms with Crippen molar-refractivity contribution in [3.63, 3.8) is 0 Å². The molecule has 0 radical (unpaired) electrons. The van der Waals surface area contributed by atoms with Gasteiger partial charge in [0.05, 0.1) is 11.8 Å². The monoisotopic (exact) mass is 324 g/mol. The molecule has 2 aliphatic rings. The lowest BCUT2D eigenvalue weighted by Crippen LogP contribution is -2.43. The summed E-state index contributed by atoms with van der Waals surface area (Å²) < 4.78 is 5.33. The van der Waals surface area contributed by atoms with Gasteiger partial charge in [0.15, 0.2) is 0 Å². The standard InChI is InChI=1S/C20H24N2O2/c1-14-17(10-11-24-14)20(23)22-16-8-9-18(22)19(12-16)21(2)13-15-6-4-3-5-7-15/h3-7,10-11,16,18-19H,8-9,12-13H2,1-2H3/t16-,18-,19+/m0/s1. The highest BCUT2D eigenvalue weighted by Crippen LogP contribution is 2.41. The van der Waals surface area contributed by atoms with Crippen LogP contribution in [0.2, 0.25) is 0 Å². The predicted molar refractivity (Wildman–Crippen MR) is 92.7 cm³/mol. The molecule has 0 unspecified atom stereocenters. The fourth-order valence-electron chi connectivity index (χ4n) is 4.48. The Labute approximate surface area is 143 Å².